The van der Waals surface area contributed by atoms with E-state index in [0.717, 1.165) is 30.1 Å². The van der Waals surface area contributed by atoms with Gasteiger partial charge in [-0.2, -0.15) is 4.98 Å². The van der Waals surface area contributed by atoms with E-state index in [2.05, 4.69) is 10.1 Å². The molecule has 88 valence electrons. The van der Waals surface area contributed by atoms with Gasteiger partial charge in [-0.3, -0.25) is 0 Å². The number of alkyl halides is 1. The van der Waals surface area contributed by atoms with Gasteiger partial charge in [0.2, 0.25) is 5.89 Å². The van der Waals surface area contributed by atoms with Crippen molar-refractivity contribution in [2.45, 2.75) is 44.4 Å². The lowest BCUT2D eigenvalue weighted by molar-refractivity contribution is 0.287. The van der Waals surface area contributed by atoms with E-state index in [9.17, 15) is 0 Å². The van der Waals surface area contributed by atoms with Crippen LogP contribution in [-0.4, -0.2) is 10.1 Å². The van der Waals surface area contributed by atoms with Crippen molar-refractivity contribution in [2.24, 2.45) is 17.8 Å². The molecule has 0 N–H and O–H groups in total. The van der Waals surface area contributed by atoms with Crippen molar-refractivity contribution in [1.29, 1.82) is 0 Å². The first-order valence-electron chi connectivity index (χ1n) is 6.19. The van der Waals surface area contributed by atoms with Gasteiger partial charge in [0.25, 0.3) is 0 Å². The minimum atomic E-state index is -0.155. The topological polar surface area (TPSA) is 38.9 Å². The second kappa shape index (κ2) is 4.02. The van der Waals surface area contributed by atoms with Crippen LogP contribution in [0.5, 0.6) is 0 Å². The molecule has 1 aromatic rings. The Kier molecular flexibility index (Phi) is 2.66. The summed E-state index contributed by atoms with van der Waals surface area (Å²) in [5.74, 6) is 4.07. The van der Waals surface area contributed by atoms with Gasteiger partial charge in [0.15, 0.2) is 5.82 Å². The number of rotatable bonds is 3. The van der Waals surface area contributed by atoms with E-state index >= 15 is 0 Å². The maximum absolute atomic E-state index is 5.91. The molecule has 0 amide bonds. The highest BCUT2D eigenvalue weighted by Gasteiger charge is 2.40. The normalized spacial score (nSPS) is 34.5. The first kappa shape index (κ1) is 10.6. The molecule has 0 aromatic carbocycles. The molecule has 2 saturated carbocycles. The molecule has 3 rings (SSSR count). The second-order valence-corrected chi connectivity index (χ2v) is 5.96. The van der Waals surface area contributed by atoms with Gasteiger partial charge in [0, 0.05) is 6.42 Å². The summed E-state index contributed by atoms with van der Waals surface area (Å²) in [6.45, 7) is 1.87. The van der Waals surface area contributed by atoms with Crippen LogP contribution in [0.25, 0.3) is 0 Å². The number of hydrogen-bond donors (Lipinski definition) is 0. The molecule has 1 aromatic heterocycles. The Morgan fingerprint density at radius 3 is 2.88 bits per heavy atom. The van der Waals surface area contributed by atoms with E-state index in [1.165, 1.54) is 25.7 Å². The lowest BCUT2D eigenvalue weighted by Crippen LogP contribution is -2.13. The fraction of sp³-hybridized carbons (Fsp3) is 0.833. The van der Waals surface area contributed by atoms with E-state index in [1.807, 2.05) is 6.92 Å². The molecular formula is C12H17ClN2O. The van der Waals surface area contributed by atoms with Crippen LogP contribution in [0.15, 0.2) is 4.52 Å². The van der Waals surface area contributed by atoms with Crippen molar-refractivity contribution >= 4 is 11.6 Å². The van der Waals surface area contributed by atoms with Gasteiger partial charge in [-0.05, 0) is 43.9 Å². The fourth-order valence-electron chi connectivity index (χ4n) is 3.36. The zero-order chi connectivity index (χ0) is 11.1. The Labute approximate surface area is 101 Å². The Hall–Kier alpha value is -0.570. The third-order valence-electron chi connectivity index (χ3n) is 4.16. The molecule has 3 nitrogen and oxygen atoms in total. The third kappa shape index (κ3) is 1.86. The number of nitrogens with zero attached hydrogens (tertiary/aromatic N) is 2. The molecular weight excluding hydrogens is 224 g/mol. The standard InChI is InChI=1S/C12H17ClN2O/c1-7(13)12-14-11(16-15-12)6-10-5-8-2-3-9(10)4-8/h7-10H,2-6H2,1H3. The first-order chi connectivity index (χ1) is 7.72. The number of hydrogen-bond acceptors (Lipinski definition) is 3. The summed E-state index contributed by atoms with van der Waals surface area (Å²) in [6, 6.07) is 0. The zero-order valence-electron chi connectivity index (χ0n) is 9.53. The molecule has 1 heterocycles. The van der Waals surface area contributed by atoms with Gasteiger partial charge in [-0.1, -0.05) is 11.6 Å². The number of halogens is 1. The van der Waals surface area contributed by atoms with Crippen molar-refractivity contribution < 1.29 is 4.52 Å². The lowest BCUT2D eigenvalue weighted by atomic mass is 9.86. The van der Waals surface area contributed by atoms with Crippen molar-refractivity contribution in [3.63, 3.8) is 0 Å². The Bertz CT molecular complexity index is 377. The summed E-state index contributed by atoms with van der Waals surface area (Å²) in [7, 11) is 0. The van der Waals surface area contributed by atoms with Crippen molar-refractivity contribution in [1.82, 2.24) is 10.1 Å². The van der Waals surface area contributed by atoms with Crippen LogP contribution < -0.4 is 0 Å². The van der Waals surface area contributed by atoms with Crippen molar-refractivity contribution in [3.8, 4) is 0 Å². The van der Waals surface area contributed by atoms with Crippen LogP contribution in [0, 0.1) is 17.8 Å². The third-order valence-corrected chi connectivity index (χ3v) is 4.36. The molecule has 4 unspecified atom stereocenters. The molecule has 16 heavy (non-hydrogen) atoms. The van der Waals surface area contributed by atoms with Crippen LogP contribution in [-0.2, 0) is 6.42 Å². The molecule has 0 spiro atoms. The lowest BCUT2D eigenvalue weighted by Gasteiger charge is -2.19. The molecule has 2 bridgehead atoms. The SMILES string of the molecule is CC(Cl)c1noc(CC2CC3CCC2C3)n1. The Balaban J connectivity index is 1.65. The predicted molar refractivity (Wildman–Crippen MR) is 61.2 cm³/mol. The van der Waals surface area contributed by atoms with Crippen LogP contribution in [0.1, 0.15) is 49.7 Å². The zero-order valence-corrected chi connectivity index (χ0v) is 10.3. The average Bonchev–Trinajstić information content (AvgIpc) is 2.91. The van der Waals surface area contributed by atoms with Crippen molar-refractivity contribution in [3.05, 3.63) is 11.7 Å². The van der Waals surface area contributed by atoms with Gasteiger partial charge in [-0.25, -0.2) is 0 Å². The van der Waals surface area contributed by atoms with E-state index in [0.29, 0.717) is 5.82 Å². The van der Waals surface area contributed by atoms with E-state index in [-0.39, 0.29) is 5.38 Å². The fourth-order valence-corrected chi connectivity index (χ4v) is 3.45. The van der Waals surface area contributed by atoms with Gasteiger partial charge in [-0.15, -0.1) is 11.6 Å². The van der Waals surface area contributed by atoms with Gasteiger partial charge in [0.05, 0.1) is 5.38 Å². The molecule has 4 heteroatoms. The van der Waals surface area contributed by atoms with Crippen LogP contribution in [0.3, 0.4) is 0 Å². The smallest absolute Gasteiger partial charge is 0.226 e. The highest BCUT2D eigenvalue weighted by atomic mass is 35.5. The van der Waals surface area contributed by atoms with E-state index in [4.69, 9.17) is 16.1 Å². The van der Waals surface area contributed by atoms with E-state index < -0.39 is 0 Å². The second-order valence-electron chi connectivity index (χ2n) is 5.30. The molecule has 4 atom stereocenters. The summed E-state index contributed by atoms with van der Waals surface area (Å²) in [5, 5.41) is 3.75. The molecule has 2 aliphatic carbocycles. The molecule has 0 radical (unpaired) electrons. The maximum Gasteiger partial charge on any atom is 0.226 e. The quantitative estimate of drug-likeness (QED) is 0.761. The highest BCUT2D eigenvalue weighted by molar-refractivity contribution is 6.20. The van der Waals surface area contributed by atoms with E-state index in [1.54, 1.807) is 0 Å². The molecule has 2 fully saturated rings. The largest absolute Gasteiger partial charge is 0.339 e. The first-order valence-corrected chi connectivity index (χ1v) is 6.62. The minimum Gasteiger partial charge on any atom is -0.339 e. The summed E-state index contributed by atoms with van der Waals surface area (Å²) in [6.07, 6.45) is 6.59. The summed E-state index contributed by atoms with van der Waals surface area (Å²) in [5.41, 5.74) is 0. The van der Waals surface area contributed by atoms with Gasteiger partial charge >= 0.3 is 0 Å². The monoisotopic (exact) mass is 240 g/mol. The Morgan fingerprint density at radius 2 is 2.31 bits per heavy atom. The number of aromatic nitrogens is 2. The van der Waals surface area contributed by atoms with Gasteiger partial charge < -0.3 is 4.52 Å². The number of fused-ring (bicyclic) bond motifs is 2. The van der Waals surface area contributed by atoms with Crippen molar-refractivity contribution in [2.75, 3.05) is 0 Å². The van der Waals surface area contributed by atoms with Crippen LogP contribution >= 0.6 is 11.6 Å². The predicted octanol–water partition coefficient (Wildman–Crippen LogP) is 3.35. The highest BCUT2D eigenvalue weighted by Crippen LogP contribution is 2.49. The maximum atomic E-state index is 5.91. The van der Waals surface area contributed by atoms with Crippen LogP contribution in [0.4, 0.5) is 0 Å². The molecule has 2 aliphatic rings. The molecule has 0 saturated heterocycles. The average molecular weight is 241 g/mol. The minimum absolute atomic E-state index is 0.155. The molecule has 0 aliphatic heterocycles. The summed E-state index contributed by atoms with van der Waals surface area (Å²) < 4.78 is 5.25. The van der Waals surface area contributed by atoms with Gasteiger partial charge in [0.1, 0.15) is 0 Å². The summed E-state index contributed by atoms with van der Waals surface area (Å²) in [4.78, 5) is 4.35. The van der Waals surface area contributed by atoms with Crippen LogP contribution in [0.2, 0.25) is 0 Å². The summed E-state index contributed by atoms with van der Waals surface area (Å²) >= 11 is 5.91. The Morgan fingerprint density at radius 1 is 1.44 bits per heavy atom.